The van der Waals surface area contributed by atoms with Crippen LogP contribution in [0.25, 0.3) is 0 Å². The van der Waals surface area contributed by atoms with Crippen molar-refractivity contribution in [3.8, 4) is 11.5 Å². The van der Waals surface area contributed by atoms with Crippen molar-refractivity contribution < 1.29 is 9.47 Å². The topological polar surface area (TPSA) is 44.5 Å². The van der Waals surface area contributed by atoms with Gasteiger partial charge in [0.1, 0.15) is 0 Å². The van der Waals surface area contributed by atoms with E-state index >= 15 is 0 Å². The van der Waals surface area contributed by atoms with Gasteiger partial charge in [0.15, 0.2) is 11.5 Å². The predicted molar refractivity (Wildman–Crippen MR) is 75.6 cm³/mol. The summed E-state index contributed by atoms with van der Waals surface area (Å²) in [6.45, 7) is 6.38. The summed E-state index contributed by atoms with van der Waals surface area (Å²) in [7, 11) is 3.19. The summed E-state index contributed by atoms with van der Waals surface area (Å²) in [4.78, 5) is 0. The van der Waals surface area contributed by atoms with E-state index in [1.165, 1.54) is 0 Å². The largest absolute Gasteiger partial charge is 0.493 e. The number of hydrogen-bond acceptors (Lipinski definition) is 3. The number of hydrogen-bond donors (Lipinski definition) is 1. The zero-order valence-electron chi connectivity index (χ0n) is 11.7. The van der Waals surface area contributed by atoms with Crippen LogP contribution in [0, 0.1) is 5.41 Å². The highest BCUT2D eigenvalue weighted by atomic mass is 35.5. The Hall–Kier alpha value is -0.930. The van der Waals surface area contributed by atoms with Gasteiger partial charge in [0.25, 0.3) is 0 Å². The highest BCUT2D eigenvalue weighted by Gasteiger charge is 2.28. The summed E-state index contributed by atoms with van der Waals surface area (Å²) >= 11 is 6.28. The van der Waals surface area contributed by atoms with Gasteiger partial charge in [0.05, 0.1) is 14.2 Å². The van der Waals surface area contributed by atoms with Crippen LogP contribution in [0.5, 0.6) is 11.5 Å². The second-order valence-corrected chi connectivity index (χ2v) is 5.46. The van der Waals surface area contributed by atoms with Crippen LogP contribution in [0.1, 0.15) is 38.8 Å². The van der Waals surface area contributed by atoms with Gasteiger partial charge in [-0.2, -0.15) is 0 Å². The van der Waals surface area contributed by atoms with Crippen molar-refractivity contribution in [3.05, 3.63) is 22.7 Å². The van der Waals surface area contributed by atoms with Crippen LogP contribution in [-0.4, -0.2) is 14.2 Å². The molecule has 2 N–H and O–H groups in total. The minimum atomic E-state index is -0.144. The van der Waals surface area contributed by atoms with Crippen LogP contribution in [0.2, 0.25) is 5.02 Å². The molecule has 3 nitrogen and oxygen atoms in total. The molecule has 0 aliphatic rings. The number of methoxy groups -OCH3 is 2. The summed E-state index contributed by atoms with van der Waals surface area (Å²) < 4.78 is 10.5. The first-order valence-electron chi connectivity index (χ1n) is 6.04. The highest BCUT2D eigenvalue weighted by Crippen LogP contribution is 2.41. The molecule has 0 fully saturated rings. The first-order chi connectivity index (χ1) is 8.37. The molecule has 1 unspecified atom stereocenters. The predicted octanol–water partition coefficient (Wildman–Crippen LogP) is 3.79. The molecule has 4 heteroatoms. The molecule has 0 saturated heterocycles. The minimum Gasteiger partial charge on any atom is -0.493 e. The maximum absolute atomic E-state index is 6.32. The third-order valence-corrected chi connectivity index (χ3v) is 3.92. The summed E-state index contributed by atoms with van der Waals surface area (Å²) in [5, 5.41) is 0.613. The third kappa shape index (κ3) is 2.90. The van der Waals surface area contributed by atoms with Crippen molar-refractivity contribution in [1.29, 1.82) is 0 Å². The van der Waals surface area contributed by atoms with E-state index < -0.39 is 0 Å². The first-order valence-corrected chi connectivity index (χ1v) is 6.42. The van der Waals surface area contributed by atoms with E-state index in [0.29, 0.717) is 16.5 Å². The highest BCUT2D eigenvalue weighted by molar-refractivity contribution is 6.31. The molecule has 0 heterocycles. The molecule has 0 radical (unpaired) electrons. The van der Waals surface area contributed by atoms with Gasteiger partial charge < -0.3 is 15.2 Å². The maximum Gasteiger partial charge on any atom is 0.162 e. The fourth-order valence-corrected chi connectivity index (χ4v) is 2.02. The van der Waals surface area contributed by atoms with Crippen LogP contribution in [0.15, 0.2) is 12.1 Å². The molecule has 0 aliphatic heterocycles. The molecule has 0 spiro atoms. The first kappa shape index (κ1) is 15.1. The molecule has 0 aromatic heterocycles. The van der Waals surface area contributed by atoms with Crippen molar-refractivity contribution in [1.82, 2.24) is 0 Å². The zero-order valence-corrected chi connectivity index (χ0v) is 12.5. The fourth-order valence-electron chi connectivity index (χ4n) is 1.75. The monoisotopic (exact) mass is 271 g/mol. The Balaban J connectivity index is 3.25. The number of halogens is 1. The van der Waals surface area contributed by atoms with Crippen LogP contribution in [0.4, 0.5) is 0 Å². The number of nitrogens with two attached hydrogens (primary N) is 1. The molecular weight excluding hydrogens is 250 g/mol. The number of ether oxygens (including phenoxy) is 2. The number of rotatable bonds is 5. The standard InChI is InChI=1S/C14H22ClNO2/c1-6-14(2,3)13(16)9-7-11(17-4)12(18-5)8-10(9)15/h7-8,13H,6,16H2,1-5H3. The van der Waals surface area contributed by atoms with Crippen molar-refractivity contribution in [2.45, 2.75) is 33.2 Å². The summed E-state index contributed by atoms with van der Waals surface area (Å²) in [6, 6.07) is 3.47. The molecule has 0 saturated carbocycles. The molecular formula is C14H22ClNO2. The fraction of sp³-hybridized carbons (Fsp3) is 0.571. The normalized spacial score (nSPS) is 13.3. The van der Waals surface area contributed by atoms with Crippen LogP contribution in [0.3, 0.4) is 0 Å². The maximum atomic E-state index is 6.32. The van der Waals surface area contributed by atoms with Gasteiger partial charge in [0, 0.05) is 17.1 Å². The van der Waals surface area contributed by atoms with Crippen molar-refractivity contribution in [3.63, 3.8) is 0 Å². The van der Waals surface area contributed by atoms with Crippen molar-refractivity contribution in [2.75, 3.05) is 14.2 Å². The Kier molecular flexibility index (Phi) is 4.88. The molecule has 1 atom stereocenters. The van der Waals surface area contributed by atoms with E-state index in [9.17, 15) is 0 Å². The molecule has 0 aliphatic carbocycles. The summed E-state index contributed by atoms with van der Waals surface area (Å²) in [5.41, 5.74) is 7.18. The average molecular weight is 272 g/mol. The van der Waals surface area contributed by atoms with Crippen LogP contribution < -0.4 is 15.2 Å². The quantitative estimate of drug-likeness (QED) is 0.886. The molecule has 0 bridgehead atoms. The Bertz CT molecular complexity index is 419. The lowest BCUT2D eigenvalue weighted by atomic mass is 9.79. The van der Waals surface area contributed by atoms with Crippen LogP contribution in [-0.2, 0) is 0 Å². The van der Waals surface area contributed by atoms with E-state index in [1.54, 1.807) is 20.3 Å². The van der Waals surface area contributed by atoms with Crippen LogP contribution >= 0.6 is 11.6 Å². The minimum absolute atomic E-state index is 0.0246. The van der Waals surface area contributed by atoms with E-state index in [1.807, 2.05) is 6.07 Å². The Morgan fingerprint density at radius 3 is 2.17 bits per heavy atom. The third-order valence-electron chi connectivity index (χ3n) is 3.59. The van der Waals surface area contributed by atoms with Crippen molar-refractivity contribution >= 4 is 11.6 Å². The molecule has 0 amide bonds. The van der Waals surface area contributed by atoms with Gasteiger partial charge in [-0.3, -0.25) is 0 Å². The van der Waals surface area contributed by atoms with Gasteiger partial charge in [0.2, 0.25) is 0 Å². The molecule has 1 aromatic carbocycles. The van der Waals surface area contributed by atoms with Gasteiger partial charge in [-0.25, -0.2) is 0 Å². The number of benzene rings is 1. The average Bonchev–Trinajstić information content (AvgIpc) is 2.37. The van der Waals surface area contributed by atoms with E-state index in [-0.39, 0.29) is 11.5 Å². The summed E-state index contributed by atoms with van der Waals surface area (Å²) in [5.74, 6) is 1.27. The molecule has 1 aromatic rings. The lowest BCUT2D eigenvalue weighted by Crippen LogP contribution is -2.28. The van der Waals surface area contributed by atoms with E-state index in [4.69, 9.17) is 26.8 Å². The van der Waals surface area contributed by atoms with Gasteiger partial charge in [-0.05, 0) is 23.5 Å². The van der Waals surface area contributed by atoms with E-state index in [0.717, 1.165) is 12.0 Å². The second kappa shape index (κ2) is 5.81. The zero-order chi connectivity index (χ0) is 13.9. The lowest BCUT2D eigenvalue weighted by molar-refractivity contribution is 0.277. The van der Waals surface area contributed by atoms with E-state index in [2.05, 4.69) is 20.8 Å². The lowest BCUT2D eigenvalue weighted by Gasteiger charge is -2.31. The Labute approximate surface area is 114 Å². The van der Waals surface area contributed by atoms with Gasteiger partial charge in [-0.15, -0.1) is 0 Å². The molecule has 102 valence electrons. The van der Waals surface area contributed by atoms with Gasteiger partial charge >= 0.3 is 0 Å². The summed E-state index contributed by atoms with van der Waals surface area (Å²) in [6.07, 6.45) is 0.971. The Morgan fingerprint density at radius 2 is 1.72 bits per heavy atom. The van der Waals surface area contributed by atoms with Crippen molar-refractivity contribution in [2.24, 2.45) is 11.1 Å². The Morgan fingerprint density at radius 1 is 1.22 bits per heavy atom. The van der Waals surface area contributed by atoms with Gasteiger partial charge in [-0.1, -0.05) is 32.4 Å². The molecule has 1 rings (SSSR count). The smallest absolute Gasteiger partial charge is 0.162 e. The SMILES string of the molecule is CCC(C)(C)C(N)c1cc(OC)c(OC)cc1Cl. The second-order valence-electron chi connectivity index (χ2n) is 5.05. The molecule has 18 heavy (non-hydrogen) atoms.